The highest BCUT2D eigenvalue weighted by Gasteiger charge is 2.09. The lowest BCUT2D eigenvalue weighted by Crippen LogP contribution is -2.27. The zero-order valence-electron chi connectivity index (χ0n) is 9.25. The quantitative estimate of drug-likeness (QED) is 0.647. The van der Waals surface area contributed by atoms with E-state index in [1.54, 1.807) is 0 Å². The molecule has 0 amide bonds. The van der Waals surface area contributed by atoms with E-state index in [4.69, 9.17) is 0 Å². The zero-order valence-corrected chi connectivity index (χ0v) is 9.25. The summed E-state index contributed by atoms with van der Waals surface area (Å²) in [5.74, 6) is 0. The summed E-state index contributed by atoms with van der Waals surface area (Å²) in [5.41, 5.74) is 1.37. The van der Waals surface area contributed by atoms with Gasteiger partial charge in [-0.05, 0) is 6.07 Å². The molecular formula is C11H20BN. The van der Waals surface area contributed by atoms with Crippen LogP contribution in [0.15, 0.2) is 24.5 Å². The van der Waals surface area contributed by atoms with Gasteiger partial charge in [-0.25, -0.2) is 0 Å². The van der Waals surface area contributed by atoms with Gasteiger partial charge < -0.3 is 0 Å². The molecule has 2 heteroatoms. The molecule has 0 unspecified atom stereocenters. The van der Waals surface area contributed by atoms with Crippen molar-refractivity contribution in [1.29, 1.82) is 0 Å². The van der Waals surface area contributed by atoms with E-state index in [0.29, 0.717) is 6.71 Å². The first-order chi connectivity index (χ1) is 6.38. The molecule has 1 aromatic heterocycles. The van der Waals surface area contributed by atoms with Crippen LogP contribution in [0.3, 0.4) is 0 Å². The normalized spacial score (nSPS) is 8.62. The number of aromatic nitrogens is 1. The summed E-state index contributed by atoms with van der Waals surface area (Å²) >= 11 is 0. The highest BCUT2D eigenvalue weighted by molar-refractivity contribution is 6.72. The molecule has 1 heterocycles. The first kappa shape index (κ1) is 12.2. The van der Waals surface area contributed by atoms with Crippen LogP contribution in [0.2, 0.25) is 12.6 Å². The Morgan fingerprint density at radius 3 is 2.23 bits per heavy atom. The van der Waals surface area contributed by atoms with Gasteiger partial charge in [0.25, 0.3) is 0 Å². The molecule has 0 radical (unpaired) electrons. The lowest BCUT2D eigenvalue weighted by Gasteiger charge is -2.06. The van der Waals surface area contributed by atoms with Crippen LogP contribution in [0.25, 0.3) is 0 Å². The van der Waals surface area contributed by atoms with Crippen molar-refractivity contribution < 1.29 is 0 Å². The van der Waals surface area contributed by atoms with Crippen LogP contribution in [0.1, 0.15) is 27.7 Å². The van der Waals surface area contributed by atoms with Gasteiger partial charge in [-0.3, -0.25) is 4.98 Å². The SMILES string of the molecule is CC.CCB(CC)c1cccnc1. The maximum absolute atomic E-state index is 4.10. The van der Waals surface area contributed by atoms with Crippen LogP contribution in [0, 0.1) is 0 Å². The monoisotopic (exact) mass is 177 g/mol. The summed E-state index contributed by atoms with van der Waals surface area (Å²) in [6.45, 7) is 9.14. The minimum Gasteiger partial charge on any atom is -0.265 e. The van der Waals surface area contributed by atoms with E-state index in [1.807, 2.05) is 32.3 Å². The molecule has 0 aliphatic rings. The maximum atomic E-state index is 4.10. The Morgan fingerprint density at radius 1 is 1.23 bits per heavy atom. The second-order valence-corrected chi connectivity index (χ2v) is 2.80. The van der Waals surface area contributed by atoms with Crippen molar-refractivity contribution in [2.75, 3.05) is 0 Å². The van der Waals surface area contributed by atoms with Crippen molar-refractivity contribution in [2.24, 2.45) is 0 Å². The van der Waals surface area contributed by atoms with Crippen LogP contribution in [0.5, 0.6) is 0 Å². The molecule has 0 bridgehead atoms. The van der Waals surface area contributed by atoms with E-state index in [1.165, 1.54) is 18.1 Å². The van der Waals surface area contributed by atoms with Crippen LogP contribution in [-0.2, 0) is 0 Å². The fourth-order valence-corrected chi connectivity index (χ4v) is 1.38. The van der Waals surface area contributed by atoms with Gasteiger partial charge in [-0.2, -0.15) is 0 Å². The lowest BCUT2D eigenvalue weighted by molar-refractivity contribution is 1.30. The third kappa shape index (κ3) is 4.11. The number of rotatable bonds is 3. The van der Waals surface area contributed by atoms with Gasteiger partial charge in [0.1, 0.15) is 0 Å². The van der Waals surface area contributed by atoms with Gasteiger partial charge in [0, 0.05) is 12.4 Å². The van der Waals surface area contributed by atoms with Crippen LogP contribution < -0.4 is 5.46 Å². The van der Waals surface area contributed by atoms with Crippen molar-refractivity contribution in [3.05, 3.63) is 24.5 Å². The van der Waals surface area contributed by atoms with Crippen molar-refractivity contribution >= 4 is 12.2 Å². The van der Waals surface area contributed by atoms with E-state index in [-0.39, 0.29) is 0 Å². The molecule has 0 saturated carbocycles. The highest BCUT2D eigenvalue weighted by atomic mass is 14.6. The van der Waals surface area contributed by atoms with Crippen LogP contribution in [0.4, 0.5) is 0 Å². The number of nitrogens with zero attached hydrogens (tertiary/aromatic N) is 1. The Bertz CT molecular complexity index is 195. The van der Waals surface area contributed by atoms with Crippen molar-refractivity contribution in [3.63, 3.8) is 0 Å². The van der Waals surface area contributed by atoms with E-state index < -0.39 is 0 Å². The Hall–Kier alpha value is -0.785. The average Bonchev–Trinajstić information content (AvgIpc) is 2.24. The third-order valence-corrected chi connectivity index (χ3v) is 2.14. The first-order valence-electron chi connectivity index (χ1n) is 5.28. The van der Waals surface area contributed by atoms with Crippen LogP contribution in [-0.4, -0.2) is 11.7 Å². The fraction of sp³-hybridized carbons (Fsp3) is 0.545. The second kappa shape index (κ2) is 7.84. The summed E-state index contributed by atoms with van der Waals surface area (Å²) in [6.07, 6.45) is 6.22. The third-order valence-electron chi connectivity index (χ3n) is 2.14. The van der Waals surface area contributed by atoms with E-state index >= 15 is 0 Å². The molecule has 0 aromatic carbocycles. The molecular weight excluding hydrogens is 157 g/mol. The maximum Gasteiger partial charge on any atom is 0.177 e. The minimum absolute atomic E-state index is 0.698. The van der Waals surface area contributed by atoms with Gasteiger partial charge in [0.15, 0.2) is 6.71 Å². The molecule has 13 heavy (non-hydrogen) atoms. The summed E-state index contributed by atoms with van der Waals surface area (Å²) in [4.78, 5) is 4.10. The van der Waals surface area contributed by atoms with Crippen LogP contribution >= 0.6 is 0 Å². The largest absolute Gasteiger partial charge is 0.265 e. The van der Waals surface area contributed by atoms with Crippen molar-refractivity contribution in [3.8, 4) is 0 Å². The van der Waals surface area contributed by atoms with Gasteiger partial charge in [-0.1, -0.05) is 51.9 Å². The van der Waals surface area contributed by atoms with Crippen molar-refractivity contribution in [2.45, 2.75) is 40.3 Å². The Labute approximate surface area is 82.7 Å². The molecule has 0 aliphatic heterocycles. The Morgan fingerprint density at radius 2 is 1.85 bits per heavy atom. The molecule has 72 valence electrons. The molecule has 0 N–H and O–H groups in total. The topological polar surface area (TPSA) is 12.9 Å². The van der Waals surface area contributed by atoms with Gasteiger partial charge in [0.2, 0.25) is 0 Å². The summed E-state index contributed by atoms with van der Waals surface area (Å²) in [7, 11) is 0. The smallest absolute Gasteiger partial charge is 0.177 e. The summed E-state index contributed by atoms with van der Waals surface area (Å²) in [6, 6.07) is 4.16. The van der Waals surface area contributed by atoms with E-state index in [9.17, 15) is 0 Å². The molecule has 1 aromatic rings. The lowest BCUT2D eigenvalue weighted by atomic mass is 9.42. The zero-order chi connectivity index (χ0) is 10.1. The molecule has 0 aliphatic carbocycles. The number of hydrogen-bond acceptors (Lipinski definition) is 1. The van der Waals surface area contributed by atoms with Gasteiger partial charge in [-0.15, -0.1) is 0 Å². The fourth-order valence-electron chi connectivity index (χ4n) is 1.38. The number of pyridine rings is 1. The summed E-state index contributed by atoms with van der Waals surface area (Å²) < 4.78 is 0. The second-order valence-electron chi connectivity index (χ2n) is 2.80. The van der Waals surface area contributed by atoms with E-state index in [0.717, 1.165) is 0 Å². The molecule has 0 atom stereocenters. The van der Waals surface area contributed by atoms with Gasteiger partial charge in [0.05, 0.1) is 0 Å². The van der Waals surface area contributed by atoms with Crippen molar-refractivity contribution in [1.82, 2.24) is 4.98 Å². The minimum atomic E-state index is 0.698. The Kier molecular flexibility index (Phi) is 7.37. The standard InChI is InChI=1S/C9H14BN.C2H6/c1-3-10(4-2)9-6-5-7-11-8-9;1-2/h5-8H,3-4H2,1-2H3;1-2H3. The van der Waals surface area contributed by atoms with E-state index in [2.05, 4.69) is 24.9 Å². The average molecular weight is 177 g/mol. The Balaban J connectivity index is 0.000000671. The predicted molar refractivity (Wildman–Crippen MR) is 61.9 cm³/mol. The molecule has 1 nitrogen and oxygen atoms in total. The number of hydrogen-bond donors (Lipinski definition) is 0. The first-order valence-corrected chi connectivity index (χ1v) is 5.28. The molecule has 0 saturated heterocycles. The van der Waals surface area contributed by atoms with Gasteiger partial charge >= 0.3 is 0 Å². The molecule has 0 fully saturated rings. The highest BCUT2D eigenvalue weighted by Crippen LogP contribution is 1.97. The molecule has 0 spiro atoms. The summed E-state index contributed by atoms with van der Waals surface area (Å²) in [5, 5.41) is 0. The molecule has 1 rings (SSSR count). The predicted octanol–water partition coefficient (Wildman–Crippen LogP) is 2.85.